The van der Waals surface area contributed by atoms with Crippen molar-refractivity contribution in [3.8, 4) is 0 Å². The Bertz CT molecular complexity index is 1370. The number of aliphatic hydroxyl groups is 1. The van der Waals surface area contributed by atoms with E-state index in [-0.39, 0.29) is 18.1 Å². The van der Waals surface area contributed by atoms with Crippen LogP contribution in [0.3, 0.4) is 0 Å². The molecule has 3 heteroatoms. The number of benzene rings is 4. The Hall–Kier alpha value is -3.53. The lowest BCUT2D eigenvalue weighted by Crippen LogP contribution is -2.36. The maximum absolute atomic E-state index is 12.4. The van der Waals surface area contributed by atoms with Gasteiger partial charge in [0.05, 0.1) is 12.3 Å². The Morgan fingerprint density at radius 1 is 0.686 bits per heavy atom. The lowest BCUT2D eigenvalue weighted by molar-refractivity contribution is -0.0907. The van der Waals surface area contributed by atoms with Crippen LogP contribution in [0.15, 0.2) is 109 Å². The fourth-order valence-electron chi connectivity index (χ4n) is 4.74. The molecule has 1 heterocycles. The highest BCUT2D eigenvalue weighted by Crippen LogP contribution is 2.39. The predicted octanol–water partition coefficient (Wildman–Crippen LogP) is 7.43. The minimum atomic E-state index is -1.34. The van der Waals surface area contributed by atoms with Crippen LogP contribution in [0.5, 0.6) is 0 Å². The fourth-order valence-corrected chi connectivity index (χ4v) is 4.74. The molecule has 1 aromatic heterocycles. The van der Waals surface area contributed by atoms with Gasteiger partial charge in [0.1, 0.15) is 11.7 Å². The summed E-state index contributed by atoms with van der Waals surface area (Å²) in [7, 11) is 0. The molecule has 5 rings (SSSR count). The van der Waals surface area contributed by atoms with E-state index in [1.165, 1.54) is 0 Å². The van der Waals surface area contributed by atoms with E-state index < -0.39 is 5.60 Å². The Morgan fingerprint density at radius 3 is 1.69 bits per heavy atom. The molecule has 0 saturated heterocycles. The summed E-state index contributed by atoms with van der Waals surface area (Å²) in [4.78, 5) is 4.57. The molecule has 0 amide bonds. The molecular formula is C32H31NO2. The van der Waals surface area contributed by atoms with Crippen molar-refractivity contribution in [3.05, 3.63) is 126 Å². The van der Waals surface area contributed by atoms with Gasteiger partial charge in [-0.1, -0.05) is 99.6 Å². The molecule has 0 spiro atoms. The summed E-state index contributed by atoms with van der Waals surface area (Å²) in [6, 6.07) is 34.6. The SMILES string of the molecule is CC(C)(C)[C@H](OCC(O)(c1ccc2ccccc2c1)c1ccc2ccccc2c1)c1ccccn1. The smallest absolute Gasteiger partial charge is 0.138 e. The van der Waals surface area contributed by atoms with Crippen molar-refractivity contribution in [2.24, 2.45) is 5.41 Å². The van der Waals surface area contributed by atoms with Gasteiger partial charge in [0.15, 0.2) is 0 Å². The number of aromatic nitrogens is 1. The van der Waals surface area contributed by atoms with Gasteiger partial charge >= 0.3 is 0 Å². The molecule has 35 heavy (non-hydrogen) atoms. The molecule has 5 aromatic rings. The van der Waals surface area contributed by atoms with Gasteiger partial charge < -0.3 is 9.84 Å². The van der Waals surface area contributed by atoms with E-state index >= 15 is 0 Å². The first-order valence-corrected chi connectivity index (χ1v) is 12.1. The number of fused-ring (bicyclic) bond motifs is 2. The van der Waals surface area contributed by atoms with Crippen molar-refractivity contribution in [2.45, 2.75) is 32.5 Å². The van der Waals surface area contributed by atoms with Crippen LogP contribution >= 0.6 is 0 Å². The topological polar surface area (TPSA) is 42.4 Å². The molecule has 0 aliphatic heterocycles. The summed E-state index contributed by atoms with van der Waals surface area (Å²) in [6.07, 6.45) is 1.51. The van der Waals surface area contributed by atoms with Crippen molar-refractivity contribution in [2.75, 3.05) is 6.61 Å². The largest absolute Gasteiger partial charge is 0.378 e. The van der Waals surface area contributed by atoms with Gasteiger partial charge in [-0.25, -0.2) is 0 Å². The quantitative estimate of drug-likeness (QED) is 0.286. The molecule has 0 saturated carbocycles. The summed E-state index contributed by atoms with van der Waals surface area (Å²) in [6.45, 7) is 6.51. The fraction of sp³-hybridized carbons (Fsp3) is 0.219. The minimum absolute atomic E-state index is 0.0994. The third-order valence-electron chi connectivity index (χ3n) is 6.66. The lowest BCUT2D eigenvalue weighted by Gasteiger charge is -2.35. The molecule has 3 nitrogen and oxygen atoms in total. The predicted molar refractivity (Wildman–Crippen MR) is 143 cm³/mol. The average molecular weight is 462 g/mol. The minimum Gasteiger partial charge on any atom is -0.378 e. The molecule has 1 N–H and O–H groups in total. The second-order valence-electron chi connectivity index (χ2n) is 10.3. The molecule has 0 bridgehead atoms. The van der Waals surface area contributed by atoms with Crippen molar-refractivity contribution >= 4 is 21.5 Å². The van der Waals surface area contributed by atoms with Crippen LogP contribution in [-0.4, -0.2) is 16.7 Å². The average Bonchev–Trinajstić information content (AvgIpc) is 2.88. The van der Waals surface area contributed by atoms with E-state index in [1.807, 2.05) is 54.6 Å². The highest BCUT2D eigenvalue weighted by atomic mass is 16.5. The Morgan fingerprint density at radius 2 is 1.20 bits per heavy atom. The number of hydrogen-bond donors (Lipinski definition) is 1. The van der Waals surface area contributed by atoms with Gasteiger partial charge in [-0.05, 0) is 62.4 Å². The van der Waals surface area contributed by atoms with Crippen molar-refractivity contribution < 1.29 is 9.84 Å². The number of ether oxygens (including phenoxy) is 1. The van der Waals surface area contributed by atoms with Crippen LogP contribution in [0.4, 0.5) is 0 Å². The van der Waals surface area contributed by atoms with E-state index in [9.17, 15) is 5.11 Å². The molecule has 0 fully saturated rings. The Balaban J connectivity index is 1.61. The molecule has 0 aliphatic rings. The second kappa shape index (κ2) is 9.26. The maximum Gasteiger partial charge on any atom is 0.138 e. The van der Waals surface area contributed by atoms with E-state index in [0.717, 1.165) is 38.4 Å². The van der Waals surface area contributed by atoms with Crippen molar-refractivity contribution in [1.82, 2.24) is 4.98 Å². The summed E-state index contributed by atoms with van der Waals surface area (Å²) in [5.74, 6) is 0. The summed E-state index contributed by atoms with van der Waals surface area (Å²) < 4.78 is 6.58. The van der Waals surface area contributed by atoms with Gasteiger partial charge in [0.2, 0.25) is 0 Å². The van der Waals surface area contributed by atoms with Crippen molar-refractivity contribution in [1.29, 1.82) is 0 Å². The zero-order chi connectivity index (χ0) is 24.5. The van der Waals surface area contributed by atoms with Crippen LogP contribution < -0.4 is 0 Å². The summed E-state index contributed by atoms with van der Waals surface area (Å²) >= 11 is 0. The first kappa shape index (κ1) is 23.2. The third-order valence-corrected chi connectivity index (χ3v) is 6.66. The number of hydrogen-bond acceptors (Lipinski definition) is 3. The van der Waals surface area contributed by atoms with Gasteiger partial charge in [0.25, 0.3) is 0 Å². The third kappa shape index (κ3) is 4.70. The van der Waals surface area contributed by atoms with Crippen LogP contribution in [0.2, 0.25) is 0 Å². The first-order valence-electron chi connectivity index (χ1n) is 12.1. The van der Waals surface area contributed by atoms with Gasteiger partial charge in [-0.2, -0.15) is 0 Å². The summed E-state index contributed by atoms with van der Waals surface area (Å²) in [5.41, 5.74) is 0.925. The highest BCUT2D eigenvalue weighted by molar-refractivity contribution is 5.85. The van der Waals surface area contributed by atoms with E-state index in [4.69, 9.17) is 4.74 Å². The number of pyridine rings is 1. The second-order valence-corrected chi connectivity index (χ2v) is 10.3. The molecule has 176 valence electrons. The van der Waals surface area contributed by atoms with Crippen LogP contribution in [0.25, 0.3) is 21.5 Å². The van der Waals surface area contributed by atoms with Gasteiger partial charge in [0, 0.05) is 6.20 Å². The highest BCUT2D eigenvalue weighted by Gasteiger charge is 2.36. The molecule has 0 unspecified atom stereocenters. The van der Waals surface area contributed by atoms with Crippen LogP contribution in [0.1, 0.15) is 43.7 Å². The lowest BCUT2D eigenvalue weighted by atomic mass is 9.83. The monoisotopic (exact) mass is 461 g/mol. The zero-order valence-electron chi connectivity index (χ0n) is 20.5. The van der Waals surface area contributed by atoms with Gasteiger partial charge in [-0.3, -0.25) is 4.98 Å². The number of nitrogens with zero attached hydrogens (tertiary/aromatic N) is 1. The molecule has 4 aromatic carbocycles. The number of rotatable bonds is 6. The van der Waals surface area contributed by atoms with E-state index in [2.05, 4.69) is 74.3 Å². The van der Waals surface area contributed by atoms with E-state index in [1.54, 1.807) is 6.20 Å². The standard InChI is InChI=1S/C32H31NO2/c1-31(2,3)30(29-14-8-9-19-33-29)35-22-32(34,27-17-15-23-10-4-6-12-25(23)20-27)28-18-16-24-11-5-7-13-26(24)21-28/h4-21,30,34H,22H2,1-3H3/t30-/m1/s1. The summed E-state index contributed by atoms with van der Waals surface area (Å²) in [5, 5.41) is 16.8. The first-order chi connectivity index (χ1) is 16.8. The zero-order valence-corrected chi connectivity index (χ0v) is 20.5. The molecule has 0 radical (unpaired) electrons. The van der Waals surface area contributed by atoms with Gasteiger partial charge in [-0.15, -0.1) is 0 Å². The maximum atomic E-state index is 12.4. The van der Waals surface area contributed by atoms with E-state index in [0.29, 0.717) is 0 Å². The normalized spacial score (nSPS) is 13.3. The Kier molecular flexibility index (Phi) is 6.14. The Labute approximate surface area is 207 Å². The molecule has 1 atom stereocenters. The molecule has 0 aliphatic carbocycles. The van der Waals surface area contributed by atoms with Crippen molar-refractivity contribution in [3.63, 3.8) is 0 Å². The van der Waals surface area contributed by atoms with Crippen LogP contribution in [0, 0.1) is 5.41 Å². The molecular weight excluding hydrogens is 430 g/mol. The van der Waals surface area contributed by atoms with Crippen LogP contribution in [-0.2, 0) is 10.3 Å².